The number of hydrogen-bond donors (Lipinski definition) is 3. The number of carboxylic acid groups (broad SMARTS) is 2. The van der Waals surface area contributed by atoms with Crippen LogP contribution < -0.4 is 14.2 Å². The zero-order chi connectivity index (χ0) is 22.3. The van der Waals surface area contributed by atoms with Gasteiger partial charge in [0.05, 0.1) is 5.56 Å². The van der Waals surface area contributed by atoms with Gasteiger partial charge in [-0.2, -0.15) is 0 Å². The van der Waals surface area contributed by atoms with Crippen LogP contribution in [0.5, 0.6) is 17.2 Å². The molecule has 2 aromatic carbocycles. The number of carboxylic acids is 2. The van der Waals surface area contributed by atoms with Crippen LogP contribution >= 0.6 is 0 Å². The number of hydrogen-bond acceptors (Lipinski definition) is 8. The number of esters is 1. The van der Waals surface area contributed by atoms with Gasteiger partial charge in [-0.15, -0.1) is 0 Å². The molecular formula is C20H18O10. The molecule has 0 saturated heterocycles. The highest BCUT2D eigenvalue weighted by Gasteiger charge is 2.27. The summed E-state index contributed by atoms with van der Waals surface area (Å²) in [5.41, 5.74) is -0.106. The number of rotatable bonds is 10. The van der Waals surface area contributed by atoms with Gasteiger partial charge in [-0.1, -0.05) is 30.3 Å². The lowest BCUT2D eigenvalue weighted by atomic mass is 9.98. The van der Waals surface area contributed by atoms with Crippen molar-refractivity contribution in [2.75, 3.05) is 13.2 Å². The third kappa shape index (κ3) is 6.04. The minimum absolute atomic E-state index is 0.169. The van der Waals surface area contributed by atoms with Gasteiger partial charge in [0.15, 0.2) is 30.5 Å². The molecule has 0 amide bonds. The first-order valence-electron chi connectivity index (χ1n) is 8.52. The lowest BCUT2D eigenvalue weighted by Crippen LogP contribution is -2.18. The number of aliphatic carboxylic acids is 2. The maximum absolute atomic E-state index is 12.9. The van der Waals surface area contributed by atoms with Crippen molar-refractivity contribution in [2.24, 2.45) is 0 Å². The van der Waals surface area contributed by atoms with Crippen LogP contribution in [-0.4, -0.2) is 52.2 Å². The van der Waals surface area contributed by atoms with Gasteiger partial charge < -0.3 is 29.5 Å². The largest absolute Gasteiger partial charge is 0.482 e. The summed E-state index contributed by atoms with van der Waals surface area (Å²) in [5, 5.41) is 28.1. The molecule has 0 aliphatic heterocycles. The van der Waals surface area contributed by atoms with Gasteiger partial charge in [-0.05, 0) is 11.6 Å². The predicted octanol–water partition coefficient (Wildman–Crippen LogP) is 1.45. The van der Waals surface area contributed by atoms with Crippen LogP contribution in [0.15, 0.2) is 42.5 Å². The van der Waals surface area contributed by atoms with E-state index in [1.807, 2.05) is 0 Å². The van der Waals surface area contributed by atoms with E-state index in [1.165, 1.54) is 12.1 Å². The van der Waals surface area contributed by atoms with Gasteiger partial charge in [0.25, 0.3) is 0 Å². The summed E-state index contributed by atoms with van der Waals surface area (Å²) >= 11 is 0. The third-order valence-corrected chi connectivity index (χ3v) is 3.62. The van der Waals surface area contributed by atoms with Crippen molar-refractivity contribution in [1.29, 1.82) is 0 Å². The summed E-state index contributed by atoms with van der Waals surface area (Å²) in [6.07, 6.45) is -1.65. The van der Waals surface area contributed by atoms with E-state index in [0.717, 1.165) is 19.1 Å². The third-order valence-electron chi connectivity index (χ3n) is 3.62. The molecule has 0 aliphatic carbocycles. The highest BCUT2D eigenvalue weighted by atomic mass is 16.6. The van der Waals surface area contributed by atoms with Crippen LogP contribution in [-0.2, 0) is 14.4 Å². The van der Waals surface area contributed by atoms with E-state index in [-0.39, 0.29) is 22.6 Å². The molecule has 0 aromatic heterocycles. The van der Waals surface area contributed by atoms with Crippen molar-refractivity contribution in [3.05, 3.63) is 53.6 Å². The molecule has 2 aromatic rings. The Morgan fingerprint density at radius 3 is 2.10 bits per heavy atom. The van der Waals surface area contributed by atoms with Crippen LogP contribution in [0.2, 0.25) is 0 Å². The summed E-state index contributed by atoms with van der Waals surface area (Å²) in [6.45, 7) is -0.552. The molecule has 158 valence electrons. The van der Waals surface area contributed by atoms with Gasteiger partial charge in [0, 0.05) is 13.0 Å². The molecule has 0 saturated carbocycles. The average molecular weight is 418 g/mol. The van der Waals surface area contributed by atoms with Gasteiger partial charge in [-0.3, -0.25) is 9.59 Å². The molecule has 0 radical (unpaired) electrons. The number of ketones is 1. The molecule has 0 fully saturated rings. The number of Topliss-reactive ketones (excluding diaryl/α,β-unsaturated/α-hetero) is 1. The molecule has 0 bridgehead atoms. The van der Waals surface area contributed by atoms with Crippen LogP contribution in [0.3, 0.4) is 0 Å². The Hall–Kier alpha value is -3.92. The molecule has 3 N–H and O–H groups in total. The predicted molar refractivity (Wildman–Crippen MR) is 99.7 cm³/mol. The van der Waals surface area contributed by atoms with Gasteiger partial charge in [0.1, 0.15) is 11.9 Å². The summed E-state index contributed by atoms with van der Waals surface area (Å²) in [6, 6.07) is 10.0. The Morgan fingerprint density at radius 1 is 0.933 bits per heavy atom. The maximum Gasteiger partial charge on any atom is 0.341 e. The molecule has 2 rings (SSSR count). The minimum Gasteiger partial charge on any atom is -0.482 e. The molecule has 10 heteroatoms. The number of benzene rings is 2. The Bertz CT molecular complexity index is 952. The highest BCUT2D eigenvalue weighted by molar-refractivity contribution is 6.03. The van der Waals surface area contributed by atoms with E-state index >= 15 is 0 Å². The molecule has 10 nitrogen and oxygen atoms in total. The van der Waals surface area contributed by atoms with E-state index < -0.39 is 48.8 Å². The van der Waals surface area contributed by atoms with Crippen LogP contribution in [0.4, 0.5) is 0 Å². The smallest absolute Gasteiger partial charge is 0.341 e. The van der Waals surface area contributed by atoms with E-state index in [9.17, 15) is 24.3 Å². The van der Waals surface area contributed by atoms with Crippen LogP contribution in [0.25, 0.3) is 0 Å². The fourth-order valence-electron chi connectivity index (χ4n) is 2.42. The summed E-state index contributed by atoms with van der Waals surface area (Å²) in [7, 11) is 0. The molecule has 1 atom stereocenters. The van der Waals surface area contributed by atoms with Crippen molar-refractivity contribution in [3.8, 4) is 17.2 Å². The first-order valence-corrected chi connectivity index (χ1v) is 8.52. The molecular weight excluding hydrogens is 400 g/mol. The topological polar surface area (TPSA) is 157 Å². The Morgan fingerprint density at radius 2 is 1.53 bits per heavy atom. The summed E-state index contributed by atoms with van der Waals surface area (Å²) < 4.78 is 15.2. The quantitative estimate of drug-likeness (QED) is 0.293. The first-order chi connectivity index (χ1) is 14.2. The second kappa shape index (κ2) is 10.0. The van der Waals surface area contributed by atoms with Crippen LogP contribution in [0, 0.1) is 0 Å². The van der Waals surface area contributed by atoms with E-state index in [1.54, 1.807) is 18.2 Å². The van der Waals surface area contributed by atoms with Crippen LogP contribution in [0.1, 0.15) is 28.9 Å². The first kappa shape index (κ1) is 22.4. The molecule has 0 heterocycles. The zero-order valence-electron chi connectivity index (χ0n) is 15.7. The van der Waals surface area contributed by atoms with Gasteiger partial charge in [-0.25, -0.2) is 9.59 Å². The van der Waals surface area contributed by atoms with E-state index in [0.29, 0.717) is 0 Å². The van der Waals surface area contributed by atoms with Gasteiger partial charge in [0.2, 0.25) is 0 Å². The van der Waals surface area contributed by atoms with E-state index in [4.69, 9.17) is 24.4 Å². The Labute approximate surface area is 170 Å². The number of carbonyl (C=O) groups is 4. The standard InChI is InChI=1S/C20H18O10/c1-11(21)30-20-14(19(27)18(26)12-5-3-2-4-6-12)7-13(28-9-16(22)23)8-15(20)29-10-17(24)25/h2-8,18,26H,9-10H2,1H3,(H,22,23)(H,24,25). The van der Waals surface area contributed by atoms with Crippen molar-refractivity contribution in [1.82, 2.24) is 0 Å². The summed E-state index contributed by atoms with van der Waals surface area (Å²) in [5.74, 6) is -5.33. The van der Waals surface area contributed by atoms with Crippen molar-refractivity contribution >= 4 is 23.7 Å². The fraction of sp³-hybridized carbons (Fsp3) is 0.200. The lowest BCUT2D eigenvalue weighted by Gasteiger charge is -2.18. The minimum atomic E-state index is -1.65. The average Bonchev–Trinajstić information content (AvgIpc) is 2.70. The lowest BCUT2D eigenvalue weighted by molar-refractivity contribution is -0.140. The monoisotopic (exact) mass is 418 g/mol. The Kier molecular flexibility index (Phi) is 7.48. The Balaban J connectivity index is 2.56. The number of carbonyl (C=O) groups excluding carboxylic acids is 2. The summed E-state index contributed by atoms with van der Waals surface area (Å²) in [4.78, 5) is 46.1. The normalized spacial score (nSPS) is 11.3. The molecule has 30 heavy (non-hydrogen) atoms. The second-order valence-electron chi connectivity index (χ2n) is 5.93. The fourth-order valence-corrected chi connectivity index (χ4v) is 2.42. The molecule has 0 aliphatic rings. The number of ether oxygens (including phenoxy) is 3. The van der Waals surface area contributed by atoms with Crippen molar-refractivity contribution in [2.45, 2.75) is 13.0 Å². The number of aliphatic hydroxyl groups is 1. The van der Waals surface area contributed by atoms with Crippen molar-refractivity contribution < 1.29 is 48.7 Å². The molecule has 1 unspecified atom stereocenters. The number of aliphatic hydroxyl groups excluding tert-OH is 1. The highest BCUT2D eigenvalue weighted by Crippen LogP contribution is 2.38. The molecule has 0 spiro atoms. The second-order valence-corrected chi connectivity index (χ2v) is 5.93. The van der Waals surface area contributed by atoms with E-state index in [2.05, 4.69) is 0 Å². The van der Waals surface area contributed by atoms with Gasteiger partial charge >= 0.3 is 17.9 Å². The zero-order valence-corrected chi connectivity index (χ0v) is 15.7. The van der Waals surface area contributed by atoms with Crippen molar-refractivity contribution in [3.63, 3.8) is 0 Å². The maximum atomic E-state index is 12.9. The SMILES string of the molecule is CC(=O)Oc1c(OCC(=O)O)cc(OCC(=O)O)cc1C(=O)C(O)c1ccccc1.